The van der Waals surface area contributed by atoms with Crippen LogP contribution in [0.4, 0.5) is 27.8 Å². The van der Waals surface area contributed by atoms with Crippen molar-refractivity contribution >= 4 is 5.82 Å². The number of likely N-dealkylation sites (N-methyl/N-ethyl adjacent to an activating group) is 1. The summed E-state index contributed by atoms with van der Waals surface area (Å²) < 4.78 is 79.2. The molecule has 0 saturated carbocycles. The Bertz CT molecular complexity index is 1240. The lowest BCUT2D eigenvalue weighted by atomic mass is 10.2. The first-order valence-electron chi connectivity index (χ1n) is 9.69. The fraction of sp³-hybridized carbons (Fsp3) is 0.286. The highest BCUT2D eigenvalue weighted by Crippen LogP contribution is 2.33. The minimum absolute atomic E-state index is 0.00944. The summed E-state index contributed by atoms with van der Waals surface area (Å²) in [6.07, 6.45) is -3.92. The van der Waals surface area contributed by atoms with Crippen molar-refractivity contribution in [3.05, 3.63) is 69.9 Å². The molecule has 1 atom stereocenters. The van der Waals surface area contributed by atoms with Gasteiger partial charge in [-0.1, -0.05) is 0 Å². The van der Waals surface area contributed by atoms with Crippen LogP contribution in [0.1, 0.15) is 18.2 Å². The highest BCUT2D eigenvalue weighted by molar-refractivity contribution is 5.45. The molecule has 33 heavy (non-hydrogen) atoms. The third-order valence-electron chi connectivity index (χ3n) is 5.12. The smallest absolute Gasteiger partial charge is 0.433 e. The molecule has 4 rings (SSSR count). The molecule has 7 nitrogen and oxygen atoms in total. The van der Waals surface area contributed by atoms with E-state index >= 15 is 0 Å². The van der Waals surface area contributed by atoms with Crippen LogP contribution in [-0.4, -0.2) is 27.6 Å². The molecule has 0 bridgehead atoms. The number of halogens is 5. The number of nitrogens with zero attached hydrogens (tertiary/aromatic N) is 4. The van der Waals surface area contributed by atoms with Crippen molar-refractivity contribution in [3.63, 3.8) is 0 Å². The van der Waals surface area contributed by atoms with E-state index in [1.807, 2.05) is 18.9 Å². The first-order valence-corrected chi connectivity index (χ1v) is 9.69. The standard InChI is InChI=1S/C21H17F5N4O3/c1-11-9-30-18(29(11)2)8-17(28-20(30)31)32-10-12-5-14(22)19(15(23)6-12)33-13-3-4-27-16(7-13)21(24,25)26/h3-8,11H,9-10H2,1-2H3. The molecule has 0 spiro atoms. The van der Waals surface area contributed by atoms with Gasteiger partial charge >= 0.3 is 11.9 Å². The number of pyridine rings is 1. The van der Waals surface area contributed by atoms with E-state index in [2.05, 4.69) is 9.97 Å². The molecule has 2 aromatic heterocycles. The van der Waals surface area contributed by atoms with Crippen LogP contribution in [-0.2, 0) is 19.3 Å². The van der Waals surface area contributed by atoms with Crippen molar-refractivity contribution in [2.75, 3.05) is 11.9 Å². The van der Waals surface area contributed by atoms with E-state index in [1.54, 1.807) is 6.07 Å². The third kappa shape index (κ3) is 4.59. The van der Waals surface area contributed by atoms with Crippen LogP contribution in [0.15, 0.2) is 41.3 Å². The number of alkyl halides is 3. The van der Waals surface area contributed by atoms with Gasteiger partial charge < -0.3 is 14.4 Å². The summed E-state index contributed by atoms with van der Waals surface area (Å²) in [5, 5.41) is 0. The molecule has 3 aromatic rings. The Morgan fingerprint density at radius 3 is 2.52 bits per heavy atom. The molecule has 0 N–H and O–H groups in total. The highest BCUT2D eigenvalue weighted by Gasteiger charge is 2.33. The number of hydrogen-bond donors (Lipinski definition) is 0. The molecular weight excluding hydrogens is 451 g/mol. The number of fused-ring (bicyclic) bond motifs is 1. The van der Waals surface area contributed by atoms with Gasteiger partial charge in [0.1, 0.15) is 23.9 Å². The first-order chi connectivity index (χ1) is 15.5. The van der Waals surface area contributed by atoms with Gasteiger partial charge in [-0.2, -0.15) is 18.2 Å². The molecule has 1 aliphatic rings. The monoisotopic (exact) mass is 468 g/mol. The Morgan fingerprint density at radius 2 is 1.85 bits per heavy atom. The van der Waals surface area contributed by atoms with E-state index in [9.17, 15) is 26.7 Å². The maximum atomic E-state index is 14.5. The SMILES string of the molecule is CC1Cn2c(cc(OCc3cc(F)c(Oc4ccnc(C(F)(F)F)c4)c(F)c3)nc2=O)N1C. The second-order valence-electron chi connectivity index (χ2n) is 7.46. The summed E-state index contributed by atoms with van der Waals surface area (Å²) in [5.74, 6) is -2.99. The average Bonchev–Trinajstić information content (AvgIpc) is 3.03. The quantitative estimate of drug-likeness (QED) is 0.525. The second-order valence-corrected chi connectivity index (χ2v) is 7.46. The number of aromatic nitrogens is 3. The van der Waals surface area contributed by atoms with Crippen LogP contribution >= 0.6 is 0 Å². The lowest BCUT2D eigenvalue weighted by Crippen LogP contribution is -2.23. The van der Waals surface area contributed by atoms with Crippen LogP contribution in [0.25, 0.3) is 0 Å². The Balaban J connectivity index is 1.51. The first kappa shape index (κ1) is 22.5. The maximum Gasteiger partial charge on any atom is 0.433 e. The number of anilines is 1. The van der Waals surface area contributed by atoms with Gasteiger partial charge in [0.15, 0.2) is 17.4 Å². The van der Waals surface area contributed by atoms with Gasteiger partial charge in [-0.15, -0.1) is 0 Å². The third-order valence-corrected chi connectivity index (χ3v) is 5.12. The molecular formula is C21H17F5N4O3. The van der Waals surface area contributed by atoms with Crippen molar-refractivity contribution in [3.8, 4) is 17.4 Å². The molecule has 1 aromatic carbocycles. The normalized spacial score (nSPS) is 15.5. The molecule has 0 aliphatic carbocycles. The Kier molecular flexibility index (Phi) is 5.68. The molecule has 0 fully saturated rings. The van der Waals surface area contributed by atoms with Gasteiger partial charge in [-0.3, -0.25) is 9.55 Å². The van der Waals surface area contributed by atoms with Gasteiger partial charge in [0.2, 0.25) is 5.88 Å². The zero-order valence-electron chi connectivity index (χ0n) is 17.4. The lowest BCUT2D eigenvalue weighted by Gasteiger charge is -2.16. The largest absolute Gasteiger partial charge is 0.473 e. The summed E-state index contributed by atoms with van der Waals surface area (Å²) in [6.45, 7) is 2.12. The van der Waals surface area contributed by atoms with Gasteiger partial charge in [-0.25, -0.2) is 13.6 Å². The average molecular weight is 468 g/mol. The van der Waals surface area contributed by atoms with Crippen molar-refractivity contribution in [2.24, 2.45) is 0 Å². The van der Waals surface area contributed by atoms with Crippen LogP contribution in [0.5, 0.6) is 17.4 Å². The zero-order valence-corrected chi connectivity index (χ0v) is 17.4. The number of hydrogen-bond acceptors (Lipinski definition) is 6. The topological polar surface area (TPSA) is 69.5 Å². The van der Waals surface area contributed by atoms with E-state index < -0.39 is 40.7 Å². The molecule has 3 heterocycles. The molecule has 1 unspecified atom stereocenters. The summed E-state index contributed by atoms with van der Waals surface area (Å²) >= 11 is 0. The van der Waals surface area contributed by atoms with Crippen LogP contribution in [0.2, 0.25) is 0 Å². The van der Waals surface area contributed by atoms with E-state index in [0.717, 1.165) is 24.4 Å². The molecule has 174 valence electrons. The maximum absolute atomic E-state index is 14.5. The Labute approximate surface area is 184 Å². The summed E-state index contributed by atoms with van der Waals surface area (Å²) in [6, 6.07) is 5.05. The molecule has 1 aliphatic heterocycles. The minimum Gasteiger partial charge on any atom is -0.473 e. The Hall–Kier alpha value is -3.70. The minimum atomic E-state index is -4.74. The fourth-order valence-electron chi connectivity index (χ4n) is 3.32. The van der Waals surface area contributed by atoms with Gasteiger partial charge in [0.25, 0.3) is 0 Å². The predicted molar refractivity (Wildman–Crippen MR) is 106 cm³/mol. The number of ether oxygens (including phenoxy) is 2. The Morgan fingerprint density at radius 1 is 1.15 bits per heavy atom. The fourth-order valence-corrected chi connectivity index (χ4v) is 3.32. The van der Waals surface area contributed by atoms with Crippen molar-refractivity contribution < 1.29 is 31.4 Å². The van der Waals surface area contributed by atoms with E-state index in [1.165, 1.54) is 4.57 Å². The summed E-state index contributed by atoms with van der Waals surface area (Å²) in [7, 11) is 1.82. The number of rotatable bonds is 5. The zero-order chi connectivity index (χ0) is 23.9. The molecule has 0 saturated heterocycles. The van der Waals surface area contributed by atoms with E-state index in [4.69, 9.17) is 9.47 Å². The van der Waals surface area contributed by atoms with Crippen molar-refractivity contribution in [1.29, 1.82) is 0 Å². The summed E-state index contributed by atoms with van der Waals surface area (Å²) in [4.78, 5) is 21.0. The highest BCUT2D eigenvalue weighted by atomic mass is 19.4. The molecule has 0 amide bonds. The van der Waals surface area contributed by atoms with Gasteiger partial charge in [-0.05, 0) is 30.7 Å². The summed E-state index contributed by atoms with van der Waals surface area (Å²) in [5.41, 5.74) is -1.70. The molecule has 12 heteroatoms. The lowest BCUT2D eigenvalue weighted by molar-refractivity contribution is -0.141. The predicted octanol–water partition coefficient (Wildman–Crippen LogP) is 4.14. The second kappa shape index (κ2) is 8.34. The van der Waals surface area contributed by atoms with Gasteiger partial charge in [0, 0.05) is 38.0 Å². The van der Waals surface area contributed by atoms with E-state index in [0.29, 0.717) is 18.4 Å². The van der Waals surface area contributed by atoms with Crippen LogP contribution in [0, 0.1) is 11.6 Å². The van der Waals surface area contributed by atoms with Crippen LogP contribution < -0.4 is 20.1 Å². The molecule has 0 radical (unpaired) electrons. The van der Waals surface area contributed by atoms with E-state index in [-0.39, 0.29) is 24.1 Å². The van der Waals surface area contributed by atoms with Crippen LogP contribution in [0.3, 0.4) is 0 Å². The van der Waals surface area contributed by atoms with Crippen molar-refractivity contribution in [1.82, 2.24) is 14.5 Å². The van der Waals surface area contributed by atoms with Gasteiger partial charge in [0.05, 0.1) is 0 Å². The van der Waals surface area contributed by atoms with Crippen molar-refractivity contribution in [2.45, 2.75) is 32.3 Å². The number of benzene rings is 1.